The Bertz CT molecular complexity index is 877. The van der Waals surface area contributed by atoms with Crippen LogP contribution in [0.15, 0.2) is 24.5 Å². The number of fused-ring (bicyclic) bond motifs is 1. The van der Waals surface area contributed by atoms with Gasteiger partial charge < -0.3 is 15.4 Å². The number of hydrogen-bond donors (Lipinski definition) is 3. The molecule has 0 spiro atoms. The average molecular weight is 341 g/mol. The van der Waals surface area contributed by atoms with Gasteiger partial charge in [0, 0.05) is 18.5 Å². The number of carbonyl (C=O) groups is 1. The number of nitrogens with one attached hydrogen (secondary N) is 2. The van der Waals surface area contributed by atoms with Gasteiger partial charge in [-0.25, -0.2) is 14.2 Å². The third kappa shape index (κ3) is 2.56. The first-order chi connectivity index (χ1) is 10.5. The van der Waals surface area contributed by atoms with Crippen LogP contribution in [0, 0.1) is 5.82 Å². The number of halogens is 3. The monoisotopic (exact) mass is 340 g/mol. The highest BCUT2D eigenvalue weighted by Gasteiger charge is 2.15. The van der Waals surface area contributed by atoms with Crippen molar-refractivity contribution in [3.63, 3.8) is 0 Å². The van der Waals surface area contributed by atoms with Gasteiger partial charge in [-0.15, -0.1) is 0 Å². The smallest absolute Gasteiger partial charge is 0.338 e. The fourth-order valence-electron chi connectivity index (χ4n) is 1.90. The fraction of sp³-hybridized carbons (Fsp3) is 0. The Hall–Kier alpha value is -2.38. The Kier molecular flexibility index (Phi) is 3.59. The molecule has 3 N–H and O–H groups in total. The van der Waals surface area contributed by atoms with E-state index in [1.54, 1.807) is 0 Å². The van der Waals surface area contributed by atoms with Crippen molar-refractivity contribution >= 4 is 51.8 Å². The molecule has 2 aromatic heterocycles. The Balaban J connectivity index is 2.04. The predicted molar refractivity (Wildman–Crippen MR) is 80.6 cm³/mol. The second-order valence-electron chi connectivity index (χ2n) is 4.34. The van der Waals surface area contributed by atoms with E-state index in [9.17, 15) is 9.18 Å². The molecule has 2 heterocycles. The fourth-order valence-corrected chi connectivity index (χ4v) is 2.36. The molecule has 0 saturated carbocycles. The second-order valence-corrected chi connectivity index (χ2v) is 5.16. The van der Waals surface area contributed by atoms with E-state index in [-0.39, 0.29) is 16.0 Å². The molecule has 0 aliphatic carbocycles. The van der Waals surface area contributed by atoms with Crippen LogP contribution >= 0.6 is 23.2 Å². The zero-order valence-electron chi connectivity index (χ0n) is 10.7. The minimum Gasteiger partial charge on any atom is -0.478 e. The molecule has 3 rings (SSSR count). The van der Waals surface area contributed by atoms with E-state index in [2.05, 4.69) is 20.3 Å². The molecule has 0 fully saturated rings. The van der Waals surface area contributed by atoms with Crippen molar-refractivity contribution in [1.82, 2.24) is 15.0 Å². The summed E-state index contributed by atoms with van der Waals surface area (Å²) in [7, 11) is 0. The molecule has 0 saturated heterocycles. The topological polar surface area (TPSA) is 90.9 Å². The lowest BCUT2D eigenvalue weighted by Gasteiger charge is -2.06. The minimum atomic E-state index is -1.36. The number of pyridine rings is 1. The standard InChI is InChI=1S/C13H7Cl2FN4O2/c14-6-3-17-4-7(15)11(6)20-13-18-9-1-5(12(21)22)8(16)2-10(9)19-13/h1-4H,(H,21,22)(H2,17,18,19,20). The van der Waals surface area contributed by atoms with E-state index in [1.165, 1.54) is 12.4 Å². The highest BCUT2D eigenvalue weighted by atomic mass is 35.5. The lowest BCUT2D eigenvalue weighted by atomic mass is 10.2. The number of carboxylic acid groups (broad SMARTS) is 1. The van der Waals surface area contributed by atoms with Crippen LogP contribution in [0.4, 0.5) is 16.0 Å². The van der Waals surface area contributed by atoms with Crippen LogP contribution in [-0.4, -0.2) is 26.0 Å². The van der Waals surface area contributed by atoms with Crippen LogP contribution in [0.1, 0.15) is 10.4 Å². The molecule has 3 aromatic rings. The first-order valence-corrected chi connectivity index (χ1v) is 6.70. The summed E-state index contributed by atoms with van der Waals surface area (Å²) < 4.78 is 13.6. The van der Waals surface area contributed by atoms with Crippen molar-refractivity contribution in [3.05, 3.63) is 46.0 Å². The van der Waals surface area contributed by atoms with Gasteiger partial charge in [0.1, 0.15) is 5.82 Å². The van der Waals surface area contributed by atoms with Crippen molar-refractivity contribution in [3.8, 4) is 0 Å². The Labute approximate surface area is 132 Å². The largest absolute Gasteiger partial charge is 0.478 e. The zero-order valence-corrected chi connectivity index (χ0v) is 12.2. The van der Waals surface area contributed by atoms with Gasteiger partial charge in [-0.3, -0.25) is 4.98 Å². The summed E-state index contributed by atoms with van der Waals surface area (Å²) in [5.41, 5.74) is 0.566. The highest BCUT2D eigenvalue weighted by Crippen LogP contribution is 2.31. The summed E-state index contributed by atoms with van der Waals surface area (Å²) in [6, 6.07) is 2.21. The van der Waals surface area contributed by atoms with Gasteiger partial charge in [-0.1, -0.05) is 23.2 Å². The molecular weight excluding hydrogens is 334 g/mol. The third-order valence-corrected chi connectivity index (χ3v) is 3.47. The molecule has 9 heteroatoms. The minimum absolute atomic E-state index is 0.243. The van der Waals surface area contributed by atoms with E-state index in [4.69, 9.17) is 28.3 Å². The molecule has 1 aromatic carbocycles. The molecule has 0 aliphatic heterocycles. The first-order valence-electron chi connectivity index (χ1n) is 5.94. The number of H-pyrrole nitrogens is 1. The van der Waals surface area contributed by atoms with Crippen molar-refractivity contribution in [2.45, 2.75) is 0 Å². The number of aromatic nitrogens is 3. The Morgan fingerprint density at radius 2 is 1.95 bits per heavy atom. The number of anilines is 2. The van der Waals surface area contributed by atoms with E-state index in [0.29, 0.717) is 16.7 Å². The normalized spacial score (nSPS) is 10.9. The van der Waals surface area contributed by atoms with E-state index < -0.39 is 17.3 Å². The van der Waals surface area contributed by atoms with E-state index in [0.717, 1.165) is 12.1 Å². The molecule has 0 unspecified atom stereocenters. The number of imidazole rings is 1. The summed E-state index contributed by atoms with van der Waals surface area (Å²) in [4.78, 5) is 21.7. The van der Waals surface area contributed by atoms with Crippen molar-refractivity contribution < 1.29 is 14.3 Å². The van der Waals surface area contributed by atoms with Crippen molar-refractivity contribution in [1.29, 1.82) is 0 Å². The third-order valence-electron chi connectivity index (χ3n) is 2.90. The maximum Gasteiger partial charge on any atom is 0.338 e. The van der Waals surface area contributed by atoms with Crippen molar-refractivity contribution in [2.24, 2.45) is 0 Å². The molecule has 6 nitrogen and oxygen atoms in total. The summed E-state index contributed by atoms with van der Waals surface area (Å²) in [5.74, 6) is -1.97. The van der Waals surface area contributed by atoms with Gasteiger partial charge >= 0.3 is 5.97 Å². The number of benzene rings is 1. The summed E-state index contributed by atoms with van der Waals surface area (Å²) in [5, 5.41) is 12.3. The zero-order chi connectivity index (χ0) is 15.9. The second kappa shape index (κ2) is 5.43. The molecular formula is C13H7Cl2FN4O2. The van der Waals surface area contributed by atoms with Crippen LogP contribution in [0.3, 0.4) is 0 Å². The van der Waals surface area contributed by atoms with Gasteiger partial charge in [-0.05, 0) is 6.07 Å². The van der Waals surface area contributed by atoms with Crippen LogP contribution in [-0.2, 0) is 0 Å². The van der Waals surface area contributed by atoms with Crippen LogP contribution in [0.5, 0.6) is 0 Å². The summed E-state index contributed by atoms with van der Waals surface area (Å²) in [6.45, 7) is 0. The van der Waals surface area contributed by atoms with Gasteiger partial charge in [0.15, 0.2) is 0 Å². The highest BCUT2D eigenvalue weighted by molar-refractivity contribution is 6.39. The lowest BCUT2D eigenvalue weighted by molar-refractivity contribution is 0.0692. The molecule has 112 valence electrons. The van der Waals surface area contributed by atoms with Crippen LogP contribution in [0.2, 0.25) is 10.0 Å². The quantitative estimate of drug-likeness (QED) is 0.673. The SMILES string of the molecule is O=C(O)c1cc2nc(Nc3c(Cl)cncc3Cl)[nH]c2cc1F. The molecule has 0 amide bonds. The lowest BCUT2D eigenvalue weighted by Crippen LogP contribution is -1.99. The van der Waals surface area contributed by atoms with Gasteiger partial charge in [0.25, 0.3) is 0 Å². The number of nitrogens with zero attached hydrogens (tertiary/aromatic N) is 2. The van der Waals surface area contributed by atoms with E-state index >= 15 is 0 Å². The number of carboxylic acids is 1. The maximum atomic E-state index is 13.6. The Morgan fingerprint density at radius 1 is 1.27 bits per heavy atom. The van der Waals surface area contributed by atoms with Crippen LogP contribution < -0.4 is 5.32 Å². The Morgan fingerprint density at radius 3 is 2.59 bits per heavy atom. The number of hydrogen-bond acceptors (Lipinski definition) is 4. The van der Waals surface area contributed by atoms with E-state index in [1.807, 2.05) is 0 Å². The van der Waals surface area contributed by atoms with Gasteiger partial charge in [-0.2, -0.15) is 0 Å². The molecule has 0 bridgehead atoms. The number of aromatic carboxylic acids is 1. The summed E-state index contributed by atoms with van der Waals surface area (Å²) in [6.07, 6.45) is 2.81. The molecule has 0 radical (unpaired) electrons. The van der Waals surface area contributed by atoms with Crippen LogP contribution in [0.25, 0.3) is 11.0 Å². The van der Waals surface area contributed by atoms with Gasteiger partial charge in [0.2, 0.25) is 5.95 Å². The molecule has 0 aliphatic rings. The predicted octanol–water partition coefficient (Wildman–Crippen LogP) is 3.85. The molecule has 22 heavy (non-hydrogen) atoms. The summed E-state index contributed by atoms with van der Waals surface area (Å²) >= 11 is 12.0. The van der Waals surface area contributed by atoms with Crippen molar-refractivity contribution in [2.75, 3.05) is 5.32 Å². The molecule has 0 atom stereocenters. The number of rotatable bonds is 3. The first kappa shape index (κ1) is 14.6. The maximum absolute atomic E-state index is 13.6. The van der Waals surface area contributed by atoms with Gasteiger partial charge in [0.05, 0.1) is 32.3 Å². The average Bonchev–Trinajstić information content (AvgIpc) is 2.83. The number of aromatic amines is 1.